The van der Waals surface area contributed by atoms with Gasteiger partial charge in [-0.05, 0) is 30.9 Å². The minimum Gasteiger partial charge on any atom is -0.493 e. The van der Waals surface area contributed by atoms with Crippen molar-refractivity contribution in [1.29, 1.82) is 0 Å². The van der Waals surface area contributed by atoms with Crippen LogP contribution in [-0.4, -0.2) is 19.3 Å². The highest BCUT2D eigenvalue weighted by Crippen LogP contribution is 2.45. The van der Waals surface area contributed by atoms with Gasteiger partial charge in [0.2, 0.25) is 0 Å². The second-order valence-electron chi connectivity index (χ2n) is 3.89. The molecule has 1 aromatic carbocycles. The largest absolute Gasteiger partial charge is 0.493 e. The lowest BCUT2D eigenvalue weighted by Gasteiger charge is -2.26. The normalized spacial score (nSPS) is 19.1. The molecule has 1 aromatic rings. The van der Waals surface area contributed by atoms with Gasteiger partial charge in [0.05, 0.1) is 20.3 Å². The van der Waals surface area contributed by atoms with Gasteiger partial charge < -0.3 is 14.6 Å². The third-order valence-corrected chi connectivity index (χ3v) is 3.71. The molecule has 0 spiro atoms. The number of methoxy groups -OCH3 is 2. The molecule has 1 N–H and O–H groups in total. The quantitative estimate of drug-likeness (QED) is 0.909. The third kappa shape index (κ3) is 1.80. The number of fused-ring (bicyclic) bond motifs is 1. The van der Waals surface area contributed by atoms with E-state index < -0.39 is 6.10 Å². The predicted octanol–water partition coefficient (Wildman–Crippen LogP) is 2.84. The molecule has 1 atom stereocenters. The van der Waals surface area contributed by atoms with Gasteiger partial charge in [-0.2, -0.15) is 0 Å². The van der Waals surface area contributed by atoms with E-state index in [4.69, 9.17) is 9.47 Å². The highest BCUT2D eigenvalue weighted by atomic mass is 79.9. The maximum Gasteiger partial charge on any atom is 0.166 e. The van der Waals surface area contributed by atoms with Crippen LogP contribution >= 0.6 is 15.9 Å². The Morgan fingerprint density at radius 3 is 2.75 bits per heavy atom. The second-order valence-corrected chi connectivity index (χ2v) is 4.75. The number of aliphatic hydroxyl groups is 1. The zero-order valence-corrected chi connectivity index (χ0v) is 11.0. The van der Waals surface area contributed by atoms with Crippen LogP contribution in [0.5, 0.6) is 11.5 Å². The first kappa shape index (κ1) is 11.7. The number of benzene rings is 1. The van der Waals surface area contributed by atoms with Crippen LogP contribution in [0, 0.1) is 0 Å². The first-order chi connectivity index (χ1) is 7.69. The van der Waals surface area contributed by atoms with Gasteiger partial charge in [0.15, 0.2) is 11.5 Å². The molecule has 3 nitrogen and oxygen atoms in total. The van der Waals surface area contributed by atoms with Crippen LogP contribution in [0.15, 0.2) is 10.5 Å². The van der Waals surface area contributed by atoms with Crippen molar-refractivity contribution in [3.63, 3.8) is 0 Å². The first-order valence-corrected chi connectivity index (χ1v) is 6.09. The van der Waals surface area contributed by atoms with Gasteiger partial charge in [-0.25, -0.2) is 0 Å². The second kappa shape index (κ2) is 4.63. The Kier molecular flexibility index (Phi) is 3.40. The van der Waals surface area contributed by atoms with E-state index >= 15 is 0 Å². The summed E-state index contributed by atoms with van der Waals surface area (Å²) in [6.45, 7) is 0. The van der Waals surface area contributed by atoms with Gasteiger partial charge in [0.1, 0.15) is 0 Å². The zero-order chi connectivity index (χ0) is 11.7. The smallest absolute Gasteiger partial charge is 0.166 e. The van der Waals surface area contributed by atoms with E-state index in [2.05, 4.69) is 15.9 Å². The zero-order valence-electron chi connectivity index (χ0n) is 9.42. The summed E-state index contributed by atoms with van der Waals surface area (Å²) in [7, 11) is 3.21. The average Bonchev–Trinajstić information content (AvgIpc) is 2.29. The minimum absolute atomic E-state index is 0.454. The van der Waals surface area contributed by atoms with Gasteiger partial charge in [0.25, 0.3) is 0 Å². The summed E-state index contributed by atoms with van der Waals surface area (Å²) >= 11 is 3.52. The molecule has 0 bridgehead atoms. The van der Waals surface area contributed by atoms with Crippen LogP contribution in [0.1, 0.15) is 30.1 Å². The topological polar surface area (TPSA) is 38.7 Å². The Morgan fingerprint density at radius 2 is 2.12 bits per heavy atom. The number of hydrogen-bond donors (Lipinski definition) is 1. The summed E-state index contributed by atoms with van der Waals surface area (Å²) in [4.78, 5) is 0. The maximum absolute atomic E-state index is 10.1. The van der Waals surface area contributed by atoms with Gasteiger partial charge in [-0.1, -0.05) is 15.9 Å². The summed E-state index contributed by atoms with van der Waals surface area (Å²) in [5, 5.41) is 10.1. The fourth-order valence-electron chi connectivity index (χ4n) is 2.25. The molecule has 0 saturated carbocycles. The lowest BCUT2D eigenvalue weighted by atomic mass is 9.88. The standard InChI is InChI=1S/C12H15BrO3/c1-15-10-6-8(13)7-4-3-5-9(14)11(7)12(10)16-2/h6,9,14H,3-5H2,1-2H3/t9-/m1/s1. The van der Waals surface area contributed by atoms with Crippen molar-refractivity contribution >= 4 is 15.9 Å². The average molecular weight is 287 g/mol. The molecule has 0 saturated heterocycles. The van der Waals surface area contributed by atoms with Crippen molar-refractivity contribution in [2.45, 2.75) is 25.4 Å². The van der Waals surface area contributed by atoms with E-state index in [0.29, 0.717) is 11.5 Å². The van der Waals surface area contributed by atoms with Crippen molar-refractivity contribution in [3.05, 3.63) is 21.7 Å². The van der Waals surface area contributed by atoms with Crippen LogP contribution in [0.3, 0.4) is 0 Å². The molecular weight excluding hydrogens is 272 g/mol. The summed E-state index contributed by atoms with van der Waals surface area (Å²) < 4.78 is 11.6. The molecule has 0 aliphatic heterocycles. The van der Waals surface area contributed by atoms with E-state index in [-0.39, 0.29) is 0 Å². The first-order valence-electron chi connectivity index (χ1n) is 5.30. The van der Waals surface area contributed by atoms with Crippen molar-refractivity contribution < 1.29 is 14.6 Å². The predicted molar refractivity (Wildman–Crippen MR) is 65.1 cm³/mol. The van der Waals surface area contributed by atoms with Crippen LogP contribution in [0.25, 0.3) is 0 Å². The van der Waals surface area contributed by atoms with E-state index in [9.17, 15) is 5.11 Å². The Balaban J connectivity index is 2.65. The van der Waals surface area contributed by atoms with E-state index in [0.717, 1.165) is 34.9 Å². The molecule has 88 valence electrons. The molecule has 0 aromatic heterocycles. The molecule has 2 rings (SSSR count). The molecule has 1 aliphatic carbocycles. The van der Waals surface area contributed by atoms with E-state index in [1.807, 2.05) is 6.07 Å². The van der Waals surface area contributed by atoms with Crippen molar-refractivity contribution in [2.24, 2.45) is 0 Å². The maximum atomic E-state index is 10.1. The van der Waals surface area contributed by atoms with Crippen LogP contribution < -0.4 is 9.47 Å². The number of aliphatic hydroxyl groups excluding tert-OH is 1. The lowest BCUT2D eigenvalue weighted by Crippen LogP contribution is -2.12. The van der Waals surface area contributed by atoms with Crippen LogP contribution in [-0.2, 0) is 6.42 Å². The molecule has 0 radical (unpaired) electrons. The van der Waals surface area contributed by atoms with Gasteiger partial charge in [0, 0.05) is 10.0 Å². The molecule has 0 unspecified atom stereocenters. The highest BCUT2D eigenvalue weighted by Gasteiger charge is 2.26. The summed E-state index contributed by atoms with van der Waals surface area (Å²) in [5.74, 6) is 1.32. The molecule has 4 heteroatoms. The van der Waals surface area contributed by atoms with Crippen molar-refractivity contribution in [2.75, 3.05) is 14.2 Å². The number of hydrogen-bond acceptors (Lipinski definition) is 3. The Morgan fingerprint density at radius 1 is 1.38 bits per heavy atom. The van der Waals surface area contributed by atoms with E-state index in [1.165, 1.54) is 0 Å². The third-order valence-electron chi connectivity index (χ3n) is 3.00. The number of halogens is 1. The Labute approximate surface area is 104 Å². The van der Waals surface area contributed by atoms with Crippen LogP contribution in [0.2, 0.25) is 0 Å². The fourth-order valence-corrected chi connectivity index (χ4v) is 2.87. The molecule has 0 amide bonds. The van der Waals surface area contributed by atoms with Crippen molar-refractivity contribution in [1.82, 2.24) is 0 Å². The molecule has 0 fully saturated rings. The number of rotatable bonds is 2. The molecule has 16 heavy (non-hydrogen) atoms. The Hall–Kier alpha value is -0.740. The lowest BCUT2D eigenvalue weighted by molar-refractivity contribution is 0.151. The van der Waals surface area contributed by atoms with Gasteiger partial charge in [-0.3, -0.25) is 0 Å². The molecule has 0 heterocycles. The van der Waals surface area contributed by atoms with E-state index in [1.54, 1.807) is 14.2 Å². The van der Waals surface area contributed by atoms with Crippen molar-refractivity contribution in [3.8, 4) is 11.5 Å². The van der Waals surface area contributed by atoms with Gasteiger partial charge in [-0.15, -0.1) is 0 Å². The highest BCUT2D eigenvalue weighted by molar-refractivity contribution is 9.10. The van der Waals surface area contributed by atoms with Crippen LogP contribution in [0.4, 0.5) is 0 Å². The monoisotopic (exact) mass is 286 g/mol. The Bertz CT molecular complexity index is 404. The molecular formula is C12H15BrO3. The summed E-state index contributed by atoms with van der Waals surface area (Å²) in [6.07, 6.45) is 2.29. The number of ether oxygens (including phenoxy) is 2. The van der Waals surface area contributed by atoms with Gasteiger partial charge >= 0.3 is 0 Å². The summed E-state index contributed by atoms with van der Waals surface area (Å²) in [6, 6.07) is 1.90. The SMILES string of the molecule is COc1cc(Br)c2c(c1OC)[C@H](O)CCC2. The summed E-state index contributed by atoms with van der Waals surface area (Å²) in [5.41, 5.74) is 2.01. The molecule has 1 aliphatic rings. The minimum atomic E-state index is -0.454. The fraction of sp³-hybridized carbons (Fsp3) is 0.500.